The Hall–Kier alpha value is -0.280. The summed E-state index contributed by atoms with van der Waals surface area (Å²) in [4.78, 5) is 2.17. The molecule has 1 aromatic rings. The van der Waals surface area contributed by atoms with Gasteiger partial charge in [-0.1, -0.05) is 55.5 Å². The second-order valence-electron chi connectivity index (χ2n) is 6.37. The Morgan fingerprint density at radius 3 is 2.41 bits per heavy atom. The third kappa shape index (κ3) is 7.32. The van der Waals surface area contributed by atoms with Crippen molar-refractivity contribution < 1.29 is 5.11 Å². The molecule has 1 rings (SSSR count). The Balaban J connectivity index is 2.53. The molecule has 0 aliphatic rings. The van der Waals surface area contributed by atoms with Crippen molar-refractivity contribution in [2.24, 2.45) is 5.92 Å². The minimum atomic E-state index is -0.270. The Kier molecular flexibility index (Phi) is 9.42. The maximum Gasteiger partial charge on any atom is 0.0595 e. The molecule has 0 unspecified atom stereocenters. The van der Waals surface area contributed by atoms with E-state index >= 15 is 0 Å². The molecule has 1 N–H and O–H groups in total. The van der Waals surface area contributed by atoms with E-state index in [1.807, 2.05) is 18.2 Å². The van der Waals surface area contributed by atoms with Gasteiger partial charge in [0.25, 0.3) is 0 Å². The molecular weight excluding hydrogens is 317 g/mol. The first-order valence-electron chi connectivity index (χ1n) is 8.20. The Labute approximate surface area is 145 Å². The van der Waals surface area contributed by atoms with Crippen molar-refractivity contribution in [1.82, 2.24) is 4.90 Å². The largest absolute Gasteiger partial charge is 0.393 e. The van der Waals surface area contributed by atoms with Crippen molar-refractivity contribution in [3.63, 3.8) is 0 Å². The van der Waals surface area contributed by atoms with Gasteiger partial charge in [0.1, 0.15) is 0 Å². The summed E-state index contributed by atoms with van der Waals surface area (Å²) >= 11 is 12.0. The lowest BCUT2D eigenvalue weighted by Crippen LogP contribution is -2.31. The van der Waals surface area contributed by atoms with Crippen molar-refractivity contribution in [3.05, 3.63) is 33.8 Å². The molecule has 0 amide bonds. The van der Waals surface area contributed by atoms with Crippen LogP contribution in [0.1, 0.15) is 44.6 Å². The molecule has 0 aromatic heterocycles. The predicted molar refractivity (Wildman–Crippen MR) is 97.0 cm³/mol. The summed E-state index contributed by atoms with van der Waals surface area (Å²) in [5, 5.41) is 11.7. The van der Waals surface area contributed by atoms with Crippen molar-refractivity contribution in [2.75, 3.05) is 20.6 Å². The van der Waals surface area contributed by atoms with Gasteiger partial charge in [0, 0.05) is 6.54 Å². The fourth-order valence-corrected chi connectivity index (χ4v) is 3.10. The molecule has 0 bridgehead atoms. The fourth-order valence-electron chi connectivity index (χ4n) is 2.78. The van der Waals surface area contributed by atoms with Crippen LogP contribution in [-0.2, 0) is 6.42 Å². The number of hydrogen-bond acceptors (Lipinski definition) is 2. The average Bonchev–Trinajstić information content (AvgIpc) is 2.47. The molecule has 0 heterocycles. The molecule has 4 heteroatoms. The van der Waals surface area contributed by atoms with Gasteiger partial charge in [0.15, 0.2) is 0 Å². The van der Waals surface area contributed by atoms with E-state index in [0.29, 0.717) is 16.0 Å². The number of aliphatic hydroxyl groups excluding tert-OH is 1. The lowest BCUT2D eigenvalue weighted by atomic mass is 9.91. The van der Waals surface area contributed by atoms with E-state index in [-0.39, 0.29) is 6.10 Å². The zero-order valence-electron chi connectivity index (χ0n) is 14.0. The molecule has 0 saturated carbocycles. The van der Waals surface area contributed by atoms with Crippen LogP contribution in [0.5, 0.6) is 0 Å². The predicted octanol–water partition coefficient (Wildman–Crippen LogP) is 5.05. The highest BCUT2D eigenvalue weighted by molar-refractivity contribution is 6.42. The van der Waals surface area contributed by atoms with Crippen molar-refractivity contribution >= 4 is 23.2 Å². The van der Waals surface area contributed by atoms with Crippen molar-refractivity contribution in [3.8, 4) is 0 Å². The van der Waals surface area contributed by atoms with Crippen LogP contribution in [0.25, 0.3) is 0 Å². The minimum absolute atomic E-state index is 0.270. The summed E-state index contributed by atoms with van der Waals surface area (Å²) in [6.07, 6.45) is 6.07. The van der Waals surface area contributed by atoms with Crippen LogP contribution in [-0.4, -0.2) is 36.8 Å². The van der Waals surface area contributed by atoms with Gasteiger partial charge < -0.3 is 10.0 Å². The Morgan fingerprint density at radius 1 is 1.09 bits per heavy atom. The summed E-state index contributed by atoms with van der Waals surface area (Å²) in [5.74, 6) is 0.337. The van der Waals surface area contributed by atoms with Gasteiger partial charge in [-0.3, -0.25) is 0 Å². The third-order valence-electron chi connectivity index (χ3n) is 4.04. The molecule has 0 fully saturated rings. The maximum absolute atomic E-state index is 10.6. The van der Waals surface area contributed by atoms with E-state index in [2.05, 4.69) is 25.9 Å². The highest BCUT2D eigenvalue weighted by Gasteiger charge is 2.19. The van der Waals surface area contributed by atoms with Crippen LogP contribution in [0.4, 0.5) is 0 Å². The number of unbranched alkanes of at least 4 members (excludes halogenated alkanes) is 2. The molecule has 2 nitrogen and oxygen atoms in total. The number of hydrogen-bond donors (Lipinski definition) is 1. The Morgan fingerprint density at radius 2 is 1.82 bits per heavy atom. The summed E-state index contributed by atoms with van der Waals surface area (Å²) in [6, 6.07) is 5.71. The molecule has 0 aliphatic carbocycles. The first-order valence-corrected chi connectivity index (χ1v) is 8.96. The lowest BCUT2D eigenvalue weighted by Gasteiger charge is -2.26. The number of benzene rings is 1. The van der Waals surface area contributed by atoms with Crippen LogP contribution in [0.15, 0.2) is 18.2 Å². The van der Waals surface area contributed by atoms with Gasteiger partial charge in [-0.2, -0.15) is 0 Å². The first kappa shape index (κ1) is 19.8. The van der Waals surface area contributed by atoms with E-state index in [0.717, 1.165) is 31.4 Å². The van der Waals surface area contributed by atoms with E-state index < -0.39 is 0 Å². The van der Waals surface area contributed by atoms with Crippen LogP contribution in [0, 0.1) is 5.92 Å². The average molecular weight is 346 g/mol. The molecule has 0 radical (unpaired) electrons. The molecule has 0 spiro atoms. The summed E-state index contributed by atoms with van der Waals surface area (Å²) < 4.78 is 0. The van der Waals surface area contributed by atoms with Crippen LogP contribution < -0.4 is 0 Å². The molecule has 0 aliphatic heterocycles. The van der Waals surface area contributed by atoms with Crippen molar-refractivity contribution in [2.45, 2.75) is 51.6 Å². The van der Waals surface area contributed by atoms with Gasteiger partial charge in [-0.15, -0.1) is 0 Å². The molecule has 126 valence electrons. The summed E-state index contributed by atoms with van der Waals surface area (Å²) in [6.45, 7) is 3.15. The number of rotatable bonds is 10. The zero-order valence-corrected chi connectivity index (χ0v) is 15.5. The SMILES string of the molecule is CCCCC[C@H](CN(C)C)[C@H](O)CCc1ccc(Cl)c(Cl)c1. The van der Waals surface area contributed by atoms with Gasteiger partial charge in [0.2, 0.25) is 0 Å². The molecule has 1 aromatic carbocycles. The molecule has 22 heavy (non-hydrogen) atoms. The van der Waals surface area contributed by atoms with E-state index in [1.54, 1.807) is 0 Å². The minimum Gasteiger partial charge on any atom is -0.393 e. The van der Waals surface area contributed by atoms with Gasteiger partial charge in [-0.05, 0) is 57.0 Å². The monoisotopic (exact) mass is 345 g/mol. The molecule has 2 atom stereocenters. The van der Waals surface area contributed by atoms with Gasteiger partial charge in [-0.25, -0.2) is 0 Å². The number of nitrogens with zero attached hydrogens (tertiary/aromatic N) is 1. The van der Waals surface area contributed by atoms with E-state index in [9.17, 15) is 5.11 Å². The first-order chi connectivity index (χ1) is 10.4. The third-order valence-corrected chi connectivity index (χ3v) is 4.77. The zero-order chi connectivity index (χ0) is 16.5. The number of aryl methyl sites for hydroxylation is 1. The highest BCUT2D eigenvalue weighted by atomic mass is 35.5. The van der Waals surface area contributed by atoms with Crippen LogP contribution in [0.3, 0.4) is 0 Å². The van der Waals surface area contributed by atoms with Crippen molar-refractivity contribution in [1.29, 1.82) is 0 Å². The van der Waals surface area contributed by atoms with Gasteiger partial charge >= 0.3 is 0 Å². The molecular formula is C18H29Cl2NO. The fraction of sp³-hybridized carbons (Fsp3) is 0.667. The number of aliphatic hydroxyl groups is 1. The number of halogens is 2. The second-order valence-corrected chi connectivity index (χ2v) is 7.19. The quantitative estimate of drug-likeness (QED) is 0.600. The maximum atomic E-state index is 10.6. The summed E-state index contributed by atoms with van der Waals surface area (Å²) in [5.41, 5.74) is 1.13. The van der Waals surface area contributed by atoms with E-state index in [1.165, 1.54) is 19.3 Å². The Bertz CT molecular complexity index is 437. The standard InChI is InChI=1S/C18H29Cl2NO/c1-4-5-6-7-15(13-21(2)3)18(22)11-9-14-8-10-16(19)17(20)12-14/h8,10,12,15,18,22H,4-7,9,11,13H2,1-3H3/t15-,18-/m1/s1. The second kappa shape index (κ2) is 10.5. The van der Waals surface area contributed by atoms with Crippen LogP contribution >= 0.6 is 23.2 Å². The van der Waals surface area contributed by atoms with Gasteiger partial charge in [0.05, 0.1) is 16.1 Å². The smallest absolute Gasteiger partial charge is 0.0595 e. The van der Waals surface area contributed by atoms with Crippen LogP contribution in [0.2, 0.25) is 10.0 Å². The summed E-state index contributed by atoms with van der Waals surface area (Å²) in [7, 11) is 4.14. The highest BCUT2D eigenvalue weighted by Crippen LogP contribution is 2.24. The molecule has 0 saturated heterocycles. The normalized spacial score (nSPS) is 14.3. The van der Waals surface area contributed by atoms with E-state index in [4.69, 9.17) is 23.2 Å². The topological polar surface area (TPSA) is 23.5 Å². The lowest BCUT2D eigenvalue weighted by molar-refractivity contribution is 0.0765.